The Labute approximate surface area is 255 Å². The highest BCUT2D eigenvalue weighted by Crippen LogP contribution is 2.46. The molecule has 1 heterocycles. The molecule has 9 aromatic rings. The van der Waals surface area contributed by atoms with Crippen molar-refractivity contribution in [3.05, 3.63) is 164 Å². The maximum absolute atomic E-state index is 6.63. The van der Waals surface area contributed by atoms with Gasteiger partial charge in [0.15, 0.2) is 0 Å². The maximum Gasteiger partial charge on any atom is 0.143 e. The lowest BCUT2D eigenvalue weighted by Crippen LogP contribution is -2.11. The highest BCUT2D eigenvalue weighted by Gasteiger charge is 2.22. The highest BCUT2D eigenvalue weighted by molar-refractivity contribution is 6.20. The third-order valence-corrected chi connectivity index (χ3v) is 8.82. The van der Waals surface area contributed by atoms with Gasteiger partial charge in [-0.3, -0.25) is 0 Å². The second-order valence-corrected chi connectivity index (χ2v) is 11.3. The maximum atomic E-state index is 6.63. The quantitative estimate of drug-likeness (QED) is 0.212. The van der Waals surface area contributed by atoms with Gasteiger partial charge in [0.1, 0.15) is 11.2 Å². The number of hydrogen-bond acceptors (Lipinski definition) is 2. The number of rotatable bonds is 4. The van der Waals surface area contributed by atoms with Crippen LogP contribution in [0.25, 0.3) is 65.4 Å². The minimum absolute atomic E-state index is 0.879. The molecule has 0 aliphatic rings. The zero-order valence-electron chi connectivity index (χ0n) is 23.9. The summed E-state index contributed by atoms with van der Waals surface area (Å²) >= 11 is 0. The summed E-state index contributed by atoms with van der Waals surface area (Å²) in [5, 5.41) is 9.41. The van der Waals surface area contributed by atoms with E-state index in [1.54, 1.807) is 0 Å². The topological polar surface area (TPSA) is 16.4 Å². The average Bonchev–Trinajstić information content (AvgIpc) is 3.49. The molecule has 2 heteroatoms. The fourth-order valence-electron chi connectivity index (χ4n) is 6.82. The molecule has 0 amide bonds. The van der Waals surface area contributed by atoms with E-state index in [0.29, 0.717) is 0 Å². The molecule has 0 radical (unpaired) electrons. The molecule has 0 fully saturated rings. The summed E-state index contributed by atoms with van der Waals surface area (Å²) in [6.45, 7) is 0. The van der Waals surface area contributed by atoms with Crippen molar-refractivity contribution in [3.63, 3.8) is 0 Å². The molecule has 9 rings (SSSR count). The zero-order chi connectivity index (χ0) is 29.0. The second-order valence-electron chi connectivity index (χ2n) is 11.3. The van der Waals surface area contributed by atoms with E-state index in [2.05, 4.69) is 169 Å². The number of nitrogens with zero attached hydrogens (tertiary/aromatic N) is 1. The summed E-state index contributed by atoms with van der Waals surface area (Å²) < 4.78 is 6.63. The second kappa shape index (κ2) is 9.86. The fourth-order valence-corrected chi connectivity index (χ4v) is 6.82. The van der Waals surface area contributed by atoms with Crippen molar-refractivity contribution in [1.29, 1.82) is 0 Å². The van der Waals surface area contributed by atoms with Crippen molar-refractivity contribution in [2.45, 2.75) is 0 Å². The number of anilines is 3. The first-order chi connectivity index (χ1) is 21.8. The first-order valence-electron chi connectivity index (χ1n) is 15.0. The first-order valence-corrected chi connectivity index (χ1v) is 15.0. The largest absolute Gasteiger partial charge is 0.455 e. The summed E-state index contributed by atoms with van der Waals surface area (Å²) in [6.07, 6.45) is 0. The Morgan fingerprint density at radius 1 is 0.409 bits per heavy atom. The molecule has 0 unspecified atom stereocenters. The summed E-state index contributed by atoms with van der Waals surface area (Å²) in [6, 6.07) is 58.5. The van der Waals surface area contributed by atoms with E-state index >= 15 is 0 Å². The van der Waals surface area contributed by atoms with Crippen LogP contribution < -0.4 is 4.90 Å². The van der Waals surface area contributed by atoms with Gasteiger partial charge in [-0.25, -0.2) is 0 Å². The van der Waals surface area contributed by atoms with Gasteiger partial charge in [-0.15, -0.1) is 0 Å². The van der Waals surface area contributed by atoms with Crippen LogP contribution in [0.2, 0.25) is 0 Å². The van der Waals surface area contributed by atoms with Crippen LogP contribution in [0.4, 0.5) is 17.1 Å². The predicted octanol–water partition coefficient (Wildman–Crippen LogP) is 12.2. The van der Waals surface area contributed by atoms with E-state index in [9.17, 15) is 0 Å². The zero-order valence-corrected chi connectivity index (χ0v) is 23.9. The van der Waals surface area contributed by atoms with Gasteiger partial charge in [-0.2, -0.15) is 0 Å². The molecule has 206 valence electrons. The molecule has 0 bridgehead atoms. The van der Waals surface area contributed by atoms with Gasteiger partial charge in [0.05, 0.1) is 16.8 Å². The molecule has 0 saturated heterocycles. The lowest BCUT2D eigenvalue weighted by atomic mass is 9.97. The van der Waals surface area contributed by atoms with Crippen LogP contribution in [-0.2, 0) is 0 Å². The van der Waals surface area contributed by atoms with Crippen molar-refractivity contribution < 1.29 is 4.42 Å². The van der Waals surface area contributed by atoms with Crippen molar-refractivity contribution in [2.24, 2.45) is 0 Å². The first kappa shape index (κ1) is 24.7. The van der Waals surface area contributed by atoms with Crippen LogP contribution in [0.15, 0.2) is 168 Å². The molecule has 44 heavy (non-hydrogen) atoms. The van der Waals surface area contributed by atoms with Gasteiger partial charge >= 0.3 is 0 Å². The minimum Gasteiger partial charge on any atom is -0.455 e. The SMILES string of the molecule is c1cc(-c2cccc3ccccc23)cc(N(c2cccc3ccccc23)c2cccc3oc4c5ccccc5ccc4c23)c1. The molecule has 0 saturated carbocycles. The molecule has 0 aliphatic heterocycles. The van der Waals surface area contributed by atoms with Crippen LogP contribution in [0.5, 0.6) is 0 Å². The molecular weight excluding hydrogens is 534 g/mol. The lowest BCUT2D eigenvalue weighted by Gasteiger charge is -2.28. The Morgan fingerprint density at radius 3 is 1.86 bits per heavy atom. The molecule has 2 nitrogen and oxygen atoms in total. The summed E-state index contributed by atoms with van der Waals surface area (Å²) in [4.78, 5) is 2.41. The monoisotopic (exact) mass is 561 g/mol. The van der Waals surface area contributed by atoms with Gasteiger partial charge < -0.3 is 9.32 Å². The Kier molecular flexibility index (Phi) is 5.54. The third-order valence-electron chi connectivity index (χ3n) is 8.82. The van der Waals surface area contributed by atoms with Crippen LogP contribution in [0.1, 0.15) is 0 Å². The van der Waals surface area contributed by atoms with Crippen molar-refractivity contribution in [2.75, 3.05) is 4.90 Å². The van der Waals surface area contributed by atoms with Gasteiger partial charge in [-0.05, 0) is 69.1 Å². The summed E-state index contributed by atoms with van der Waals surface area (Å²) in [5.74, 6) is 0. The van der Waals surface area contributed by atoms with E-state index in [4.69, 9.17) is 4.42 Å². The average molecular weight is 562 g/mol. The normalized spacial score (nSPS) is 11.6. The van der Waals surface area contributed by atoms with Crippen LogP contribution in [0, 0.1) is 0 Å². The van der Waals surface area contributed by atoms with E-state index < -0.39 is 0 Å². The van der Waals surface area contributed by atoms with E-state index in [0.717, 1.165) is 44.4 Å². The van der Waals surface area contributed by atoms with E-state index in [1.807, 2.05) is 0 Å². The number of furan rings is 1. The molecule has 0 N–H and O–H groups in total. The van der Waals surface area contributed by atoms with Gasteiger partial charge in [0, 0.05) is 21.8 Å². The Bertz CT molecular complexity index is 2510. The predicted molar refractivity (Wildman–Crippen MR) is 186 cm³/mol. The molecule has 8 aromatic carbocycles. The van der Waals surface area contributed by atoms with Crippen molar-refractivity contribution >= 4 is 71.3 Å². The van der Waals surface area contributed by atoms with Gasteiger partial charge in [0.25, 0.3) is 0 Å². The van der Waals surface area contributed by atoms with E-state index in [-0.39, 0.29) is 0 Å². The van der Waals surface area contributed by atoms with Crippen LogP contribution >= 0.6 is 0 Å². The molecule has 0 spiro atoms. The van der Waals surface area contributed by atoms with E-state index in [1.165, 1.54) is 38.1 Å². The highest BCUT2D eigenvalue weighted by atomic mass is 16.3. The number of hydrogen-bond donors (Lipinski definition) is 0. The third kappa shape index (κ3) is 3.82. The smallest absolute Gasteiger partial charge is 0.143 e. The van der Waals surface area contributed by atoms with Crippen molar-refractivity contribution in [1.82, 2.24) is 0 Å². The van der Waals surface area contributed by atoms with Crippen LogP contribution in [0.3, 0.4) is 0 Å². The molecule has 1 aromatic heterocycles. The van der Waals surface area contributed by atoms with Crippen LogP contribution in [-0.4, -0.2) is 0 Å². The lowest BCUT2D eigenvalue weighted by molar-refractivity contribution is 0.672. The van der Waals surface area contributed by atoms with Gasteiger partial charge in [-0.1, -0.05) is 127 Å². The Morgan fingerprint density at radius 2 is 1.02 bits per heavy atom. The van der Waals surface area contributed by atoms with Gasteiger partial charge in [0.2, 0.25) is 0 Å². The number of fused-ring (bicyclic) bond motifs is 7. The molecule has 0 aliphatic carbocycles. The Balaban J connectivity index is 1.35. The summed E-state index contributed by atoms with van der Waals surface area (Å²) in [7, 11) is 0. The summed E-state index contributed by atoms with van der Waals surface area (Å²) in [5.41, 5.74) is 7.51. The fraction of sp³-hybridized carbons (Fsp3) is 0. The molecular formula is C42H27NO. The Hall–Kier alpha value is -5.86. The number of benzene rings is 8. The molecule has 0 atom stereocenters. The standard InChI is InChI=1S/C42H27NO/c1-4-18-33-28(11-1)14-8-21-34(33)31-16-7-17-32(27-31)43(38-22-9-15-29-12-2-5-19-35(29)38)39-23-10-24-40-41(39)37-26-25-30-13-3-6-20-36(30)42(37)44-40/h1-27H. The minimum atomic E-state index is 0.879. The van der Waals surface area contributed by atoms with Crippen molar-refractivity contribution in [3.8, 4) is 11.1 Å².